The zero-order chi connectivity index (χ0) is 10.1. The van der Waals surface area contributed by atoms with Crippen molar-refractivity contribution in [3.05, 3.63) is 28.8 Å². The first-order chi connectivity index (χ1) is 6.76. The average Bonchev–Trinajstić information content (AvgIpc) is 2.54. The number of fused-ring (bicyclic) bond motifs is 1. The molecule has 1 aromatic carbocycles. The molecule has 1 aromatic rings. The normalized spacial score (nSPS) is 24.5. The molecule has 0 fully saturated rings. The van der Waals surface area contributed by atoms with E-state index < -0.39 is 0 Å². The third-order valence-electron chi connectivity index (χ3n) is 2.67. The molecule has 2 atom stereocenters. The Bertz CT molecular complexity index is 340. The van der Waals surface area contributed by atoms with Crippen LogP contribution in [0, 0.1) is 0 Å². The lowest BCUT2D eigenvalue weighted by atomic mass is 10.0. The summed E-state index contributed by atoms with van der Waals surface area (Å²) in [6.45, 7) is 2.13. The van der Waals surface area contributed by atoms with E-state index in [2.05, 4.69) is 12.2 Å². The molecule has 76 valence electrons. The maximum Gasteiger partial charge on any atom is 0.124 e. The summed E-state index contributed by atoms with van der Waals surface area (Å²) >= 11 is 5.95. The van der Waals surface area contributed by atoms with Crippen LogP contribution in [0.25, 0.3) is 0 Å². The SMILES string of the molecule is CCC1Oc2ccc(Cl)cc2C1NC. The minimum absolute atomic E-state index is 0.230. The number of halogens is 1. The smallest absolute Gasteiger partial charge is 0.124 e. The molecule has 0 saturated carbocycles. The van der Waals surface area contributed by atoms with Crippen LogP contribution in [0.3, 0.4) is 0 Å². The van der Waals surface area contributed by atoms with Gasteiger partial charge in [-0.15, -0.1) is 0 Å². The van der Waals surface area contributed by atoms with Crippen molar-refractivity contribution < 1.29 is 4.74 Å². The van der Waals surface area contributed by atoms with Gasteiger partial charge in [0.1, 0.15) is 11.9 Å². The minimum atomic E-state index is 0.230. The number of nitrogens with one attached hydrogen (secondary N) is 1. The highest BCUT2D eigenvalue weighted by Gasteiger charge is 2.31. The van der Waals surface area contributed by atoms with Crippen LogP contribution in [-0.4, -0.2) is 13.2 Å². The summed E-state index contributed by atoms with van der Waals surface area (Å²) in [6.07, 6.45) is 1.23. The first kappa shape index (κ1) is 9.81. The van der Waals surface area contributed by atoms with E-state index in [0.29, 0.717) is 0 Å². The fraction of sp³-hybridized carbons (Fsp3) is 0.455. The Morgan fingerprint density at radius 3 is 2.93 bits per heavy atom. The molecular formula is C11H14ClNO. The van der Waals surface area contributed by atoms with Crippen LogP contribution in [0.2, 0.25) is 5.02 Å². The average molecular weight is 212 g/mol. The Morgan fingerprint density at radius 1 is 1.50 bits per heavy atom. The molecule has 1 heterocycles. The van der Waals surface area contributed by atoms with Gasteiger partial charge >= 0.3 is 0 Å². The van der Waals surface area contributed by atoms with E-state index in [1.165, 1.54) is 5.56 Å². The molecule has 0 radical (unpaired) electrons. The van der Waals surface area contributed by atoms with Crippen LogP contribution in [0.4, 0.5) is 0 Å². The van der Waals surface area contributed by atoms with Gasteiger partial charge < -0.3 is 10.1 Å². The first-order valence-corrected chi connectivity index (χ1v) is 5.27. The summed E-state index contributed by atoms with van der Waals surface area (Å²) in [7, 11) is 1.95. The number of hydrogen-bond donors (Lipinski definition) is 1. The summed E-state index contributed by atoms with van der Waals surface area (Å²) in [5.41, 5.74) is 1.17. The van der Waals surface area contributed by atoms with E-state index in [9.17, 15) is 0 Å². The number of hydrogen-bond acceptors (Lipinski definition) is 2. The quantitative estimate of drug-likeness (QED) is 0.813. The molecule has 1 N–H and O–H groups in total. The van der Waals surface area contributed by atoms with Crippen molar-refractivity contribution in [1.29, 1.82) is 0 Å². The zero-order valence-corrected chi connectivity index (χ0v) is 9.14. The van der Waals surface area contributed by atoms with Crippen molar-refractivity contribution in [1.82, 2.24) is 5.32 Å². The van der Waals surface area contributed by atoms with E-state index in [4.69, 9.17) is 16.3 Å². The van der Waals surface area contributed by atoms with Gasteiger partial charge in [-0.1, -0.05) is 18.5 Å². The van der Waals surface area contributed by atoms with E-state index in [1.807, 2.05) is 25.2 Å². The molecule has 0 bridgehead atoms. The standard InChI is InChI=1S/C11H14ClNO/c1-3-9-11(13-2)8-6-7(12)4-5-10(8)14-9/h4-6,9,11,13H,3H2,1-2H3. The molecule has 2 unspecified atom stereocenters. The lowest BCUT2D eigenvalue weighted by molar-refractivity contribution is 0.189. The molecule has 0 saturated heterocycles. The van der Waals surface area contributed by atoms with Crippen molar-refractivity contribution in [2.24, 2.45) is 0 Å². The Morgan fingerprint density at radius 2 is 2.29 bits per heavy atom. The highest BCUT2D eigenvalue weighted by Crippen LogP contribution is 2.38. The number of benzene rings is 1. The molecule has 14 heavy (non-hydrogen) atoms. The second-order valence-corrected chi connectivity index (χ2v) is 3.95. The Labute approximate surface area is 89.2 Å². The molecule has 1 aliphatic heterocycles. The van der Waals surface area contributed by atoms with Crippen LogP contribution in [0.15, 0.2) is 18.2 Å². The van der Waals surface area contributed by atoms with E-state index in [1.54, 1.807) is 0 Å². The summed E-state index contributed by atoms with van der Waals surface area (Å²) in [5, 5.41) is 4.03. The van der Waals surface area contributed by atoms with Gasteiger partial charge in [0.25, 0.3) is 0 Å². The number of ether oxygens (including phenoxy) is 1. The molecule has 3 heteroatoms. The maximum atomic E-state index is 5.95. The Kier molecular flexibility index (Phi) is 2.66. The van der Waals surface area contributed by atoms with E-state index in [0.717, 1.165) is 17.2 Å². The van der Waals surface area contributed by atoms with Crippen LogP contribution < -0.4 is 10.1 Å². The topological polar surface area (TPSA) is 21.3 Å². The highest BCUT2D eigenvalue weighted by atomic mass is 35.5. The van der Waals surface area contributed by atoms with Gasteiger partial charge in [0.2, 0.25) is 0 Å². The van der Waals surface area contributed by atoms with Crippen LogP contribution in [0.5, 0.6) is 5.75 Å². The predicted molar refractivity (Wildman–Crippen MR) is 58.0 cm³/mol. The van der Waals surface area contributed by atoms with Gasteiger partial charge in [-0.3, -0.25) is 0 Å². The monoisotopic (exact) mass is 211 g/mol. The lowest BCUT2D eigenvalue weighted by Gasteiger charge is -2.16. The third-order valence-corrected chi connectivity index (χ3v) is 2.91. The van der Waals surface area contributed by atoms with Crippen molar-refractivity contribution in [3.63, 3.8) is 0 Å². The first-order valence-electron chi connectivity index (χ1n) is 4.89. The fourth-order valence-corrected chi connectivity index (χ4v) is 2.14. The van der Waals surface area contributed by atoms with Crippen LogP contribution in [0.1, 0.15) is 24.9 Å². The molecule has 1 aliphatic rings. The minimum Gasteiger partial charge on any atom is -0.488 e. The van der Waals surface area contributed by atoms with Crippen molar-refractivity contribution >= 4 is 11.6 Å². The second kappa shape index (κ2) is 3.79. The fourth-order valence-electron chi connectivity index (χ4n) is 1.96. The summed E-state index contributed by atoms with van der Waals surface area (Å²) in [6, 6.07) is 6.06. The largest absolute Gasteiger partial charge is 0.488 e. The summed E-state index contributed by atoms with van der Waals surface area (Å²) < 4.78 is 5.79. The van der Waals surface area contributed by atoms with E-state index >= 15 is 0 Å². The molecule has 2 rings (SSSR count). The Hall–Kier alpha value is -0.730. The van der Waals surface area contributed by atoms with Gasteiger partial charge in [0, 0.05) is 10.6 Å². The van der Waals surface area contributed by atoms with Gasteiger partial charge in [-0.2, -0.15) is 0 Å². The number of rotatable bonds is 2. The Balaban J connectivity index is 2.38. The van der Waals surface area contributed by atoms with Crippen LogP contribution in [-0.2, 0) is 0 Å². The molecule has 0 amide bonds. The van der Waals surface area contributed by atoms with Crippen molar-refractivity contribution in [2.45, 2.75) is 25.5 Å². The third kappa shape index (κ3) is 1.49. The molecule has 2 nitrogen and oxygen atoms in total. The molecule has 0 spiro atoms. The van der Waals surface area contributed by atoms with Crippen molar-refractivity contribution in [3.8, 4) is 5.75 Å². The lowest BCUT2D eigenvalue weighted by Crippen LogP contribution is -2.27. The van der Waals surface area contributed by atoms with E-state index in [-0.39, 0.29) is 12.1 Å². The zero-order valence-electron chi connectivity index (χ0n) is 8.38. The highest BCUT2D eigenvalue weighted by molar-refractivity contribution is 6.30. The van der Waals surface area contributed by atoms with Gasteiger partial charge in [0.15, 0.2) is 0 Å². The summed E-state index contributed by atoms with van der Waals surface area (Å²) in [5.74, 6) is 0.959. The van der Waals surface area contributed by atoms with Crippen LogP contribution >= 0.6 is 11.6 Å². The van der Waals surface area contributed by atoms with Crippen molar-refractivity contribution in [2.75, 3.05) is 7.05 Å². The molecular weight excluding hydrogens is 198 g/mol. The van der Waals surface area contributed by atoms with Gasteiger partial charge in [-0.05, 0) is 31.7 Å². The molecule has 0 aromatic heterocycles. The number of likely N-dealkylation sites (N-methyl/N-ethyl adjacent to an activating group) is 1. The maximum absolute atomic E-state index is 5.95. The molecule has 0 aliphatic carbocycles. The predicted octanol–water partition coefficient (Wildman–Crippen LogP) is 2.77. The second-order valence-electron chi connectivity index (χ2n) is 3.51. The van der Waals surface area contributed by atoms with Gasteiger partial charge in [-0.25, -0.2) is 0 Å². The van der Waals surface area contributed by atoms with Gasteiger partial charge in [0.05, 0.1) is 6.04 Å². The summed E-state index contributed by atoms with van der Waals surface area (Å²) in [4.78, 5) is 0.